The quantitative estimate of drug-likeness (QED) is 0.122. The van der Waals surface area contributed by atoms with Gasteiger partial charge in [-0.3, -0.25) is 0 Å². The highest BCUT2D eigenvalue weighted by Crippen LogP contribution is 2.31. The lowest BCUT2D eigenvalue weighted by molar-refractivity contribution is -0.905. The zero-order chi connectivity index (χ0) is 27.8. The van der Waals surface area contributed by atoms with Crippen LogP contribution in [0.3, 0.4) is 0 Å². The van der Waals surface area contributed by atoms with Gasteiger partial charge in [0, 0.05) is 23.1 Å². The van der Waals surface area contributed by atoms with Crippen molar-refractivity contribution in [3.63, 3.8) is 0 Å². The Labute approximate surface area is 221 Å². The van der Waals surface area contributed by atoms with Crippen LogP contribution in [0.2, 0.25) is 0 Å². The fourth-order valence-corrected chi connectivity index (χ4v) is 4.90. The molecule has 1 aromatic heterocycles. The summed E-state index contributed by atoms with van der Waals surface area (Å²) in [4.78, 5) is 3.63. The van der Waals surface area contributed by atoms with Crippen molar-refractivity contribution >= 4 is 9.84 Å². The molecule has 2 aromatic carbocycles. The molecule has 0 N–H and O–H groups in total. The number of quaternary nitrogens is 1. The first kappa shape index (κ1) is 29.8. The second-order valence-corrected chi connectivity index (χ2v) is 11.5. The van der Waals surface area contributed by atoms with E-state index in [4.69, 9.17) is 4.52 Å². The highest BCUT2D eigenvalue weighted by molar-refractivity contribution is 7.92. The average Bonchev–Trinajstić information content (AvgIpc) is 3.35. The predicted molar refractivity (Wildman–Crippen MR) is 138 cm³/mol. The summed E-state index contributed by atoms with van der Waals surface area (Å²) in [6.45, 7) is 4.25. The van der Waals surface area contributed by atoms with E-state index in [0.717, 1.165) is 42.5 Å². The Kier molecular flexibility index (Phi) is 10.1. The molecule has 3 aromatic rings. The summed E-state index contributed by atoms with van der Waals surface area (Å²) in [5, 5.41) is 17.5. The summed E-state index contributed by atoms with van der Waals surface area (Å²) in [6.07, 6.45) is 7.87. The van der Waals surface area contributed by atoms with Gasteiger partial charge >= 0.3 is 5.51 Å². The van der Waals surface area contributed by atoms with E-state index in [0.29, 0.717) is 17.3 Å². The minimum absolute atomic E-state index is 0.0178. The van der Waals surface area contributed by atoms with Crippen LogP contribution in [0.5, 0.6) is 0 Å². The number of rotatable bonds is 14. The van der Waals surface area contributed by atoms with E-state index in [-0.39, 0.29) is 19.6 Å². The van der Waals surface area contributed by atoms with E-state index in [1.54, 1.807) is 6.92 Å². The van der Waals surface area contributed by atoms with Gasteiger partial charge in [0.05, 0.1) is 11.4 Å². The number of unbranched alkanes of at least 4 members (excludes halogenated alkanes) is 5. The molecule has 3 rings (SSSR count). The van der Waals surface area contributed by atoms with Crippen molar-refractivity contribution in [1.82, 2.24) is 10.1 Å². The first-order chi connectivity index (χ1) is 18.0. The van der Waals surface area contributed by atoms with Crippen LogP contribution >= 0.6 is 0 Å². The molecule has 1 unspecified atom stereocenters. The average molecular weight is 554 g/mol. The number of hydrogen-bond acceptors (Lipinski definition) is 6. The van der Waals surface area contributed by atoms with E-state index in [1.165, 1.54) is 37.8 Å². The summed E-state index contributed by atoms with van der Waals surface area (Å²) < 4.78 is 66.2. The van der Waals surface area contributed by atoms with Gasteiger partial charge in [-0.25, -0.2) is 8.42 Å². The molecule has 0 saturated carbocycles. The first-order valence-corrected chi connectivity index (χ1v) is 14.3. The third-order valence-corrected chi connectivity index (χ3v) is 7.98. The number of aromatic nitrogens is 2. The fraction of sp³-hybridized carbons (Fsp3) is 0.481. The van der Waals surface area contributed by atoms with Crippen LogP contribution in [-0.4, -0.2) is 35.3 Å². The largest absolute Gasteiger partial charge is 0.632 e. The molecule has 0 fully saturated rings. The molecular weight excluding hydrogens is 519 g/mol. The maximum Gasteiger partial charge on any atom is 0.501 e. The fourth-order valence-electron chi connectivity index (χ4n) is 4.14. The van der Waals surface area contributed by atoms with Crippen molar-refractivity contribution in [2.45, 2.75) is 82.3 Å². The van der Waals surface area contributed by atoms with Crippen molar-refractivity contribution in [1.29, 1.82) is 0 Å². The minimum Gasteiger partial charge on any atom is -0.632 e. The lowest BCUT2D eigenvalue weighted by atomic mass is 10.1. The number of aryl methyl sites for hydroxylation is 1. The van der Waals surface area contributed by atoms with Crippen molar-refractivity contribution in [3.05, 3.63) is 70.7 Å². The third kappa shape index (κ3) is 7.87. The number of alkyl halides is 3. The lowest BCUT2D eigenvalue weighted by Gasteiger charge is -2.42. The van der Waals surface area contributed by atoms with Gasteiger partial charge in [-0.1, -0.05) is 68.4 Å². The molecule has 208 valence electrons. The standard InChI is InChI=1S/C27H34F3N3O4S/c1-3-5-6-7-8-9-10-25-31-26(37-32-25)23-15-11-21(12-16-23)19-33(34,4-2)20-22-13-17-24(18-14-22)38(35,36)27(28,29)30/h11-18H,3-10,19-20H2,1-2H3. The van der Waals surface area contributed by atoms with Gasteiger partial charge in [0.1, 0.15) is 13.1 Å². The number of hydrogen-bond donors (Lipinski definition) is 0. The Balaban J connectivity index is 1.59. The van der Waals surface area contributed by atoms with E-state index in [9.17, 15) is 26.8 Å². The van der Waals surface area contributed by atoms with Gasteiger partial charge < -0.3 is 14.4 Å². The number of hydroxylamine groups is 3. The van der Waals surface area contributed by atoms with Gasteiger partial charge in [0.15, 0.2) is 5.82 Å². The number of halogens is 3. The third-order valence-electron chi connectivity index (χ3n) is 6.48. The molecule has 38 heavy (non-hydrogen) atoms. The van der Waals surface area contributed by atoms with Crippen LogP contribution in [0.1, 0.15) is 69.3 Å². The van der Waals surface area contributed by atoms with E-state index in [2.05, 4.69) is 17.1 Å². The summed E-state index contributed by atoms with van der Waals surface area (Å²) >= 11 is 0. The molecule has 11 heteroatoms. The van der Waals surface area contributed by atoms with Crippen molar-refractivity contribution in [2.75, 3.05) is 6.54 Å². The predicted octanol–water partition coefficient (Wildman–Crippen LogP) is 6.97. The van der Waals surface area contributed by atoms with Gasteiger partial charge in [-0.15, -0.1) is 0 Å². The summed E-state index contributed by atoms with van der Waals surface area (Å²) in [5.41, 5.74) is -3.41. The Morgan fingerprint density at radius 3 is 1.97 bits per heavy atom. The van der Waals surface area contributed by atoms with Crippen LogP contribution in [0.4, 0.5) is 13.2 Å². The first-order valence-electron chi connectivity index (χ1n) is 12.9. The maximum atomic E-state index is 13.4. The monoisotopic (exact) mass is 553 g/mol. The highest BCUT2D eigenvalue weighted by atomic mass is 32.2. The van der Waals surface area contributed by atoms with Crippen LogP contribution in [-0.2, 0) is 29.3 Å². The molecule has 7 nitrogen and oxygen atoms in total. The SMILES string of the molecule is CCCCCCCCc1noc(-c2ccc(C[N+]([O-])(CC)Cc3ccc(S(=O)(=O)C(F)(F)F)cc3)cc2)n1. The molecule has 0 aliphatic carbocycles. The molecular formula is C27H34F3N3O4S. The van der Waals surface area contributed by atoms with E-state index in [1.807, 2.05) is 24.3 Å². The second-order valence-electron chi connectivity index (χ2n) is 9.51. The van der Waals surface area contributed by atoms with Crippen molar-refractivity contribution < 1.29 is 30.8 Å². The number of benzene rings is 2. The minimum atomic E-state index is -5.43. The van der Waals surface area contributed by atoms with E-state index < -0.39 is 24.9 Å². The van der Waals surface area contributed by atoms with Crippen LogP contribution < -0.4 is 0 Å². The van der Waals surface area contributed by atoms with E-state index >= 15 is 0 Å². The maximum absolute atomic E-state index is 13.4. The Bertz CT molecular complexity index is 1260. The van der Waals surface area contributed by atoms with Crippen LogP contribution in [0.25, 0.3) is 11.5 Å². The molecule has 1 heterocycles. The molecule has 0 amide bonds. The number of sulfone groups is 1. The topological polar surface area (TPSA) is 96.1 Å². The van der Waals surface area contributed by atoms with Gasteiger partial charge in [0.2, 0.25) is 0 Å². The molecule has 0 saturated heterocycles. The van der Waals surface area contributed by atoms with Gasteiger partial charge in [0.25, 0.3) is 15.7 Å². The molecule has 0 aliphatic rings. The molecule has 0 aliphatic heterocycles. The zero-order valence-electron chi connectivity index (χ0n) is 21.7. The lowest BCUT2D eigenvalue weighted by Crippen LogP contribution is -2.40. The second kappa shape index (κ2) is 12.9. The molecule has 0 radical (unpaired) electrons. The zero-order valence-corrected chi connectivity index (χ0v) is 22.5. The smallest absolute Gasteiger partial charge is 0.501 e. The van der Waals surface area contributed by atoms with Crippen LogP contribution in [0.15, 0.2) is 57.9 Å². The summed E-state index contributed by atoms with van der Waals surface area (Å²) in [7, 11) is -5.43. The summed E-state index contributed by atoms with van der Waals surface area (Å²) in [6, 6.07) is 11.5. The van der Waals surface area contributed by atoms with Gasteiger partial charge in [-0.2, -0.15) is 18.2 Å². The Hall–Kier alpha value is -2.76. The Morgan fingerprint density at radius 1 is 0.868 bits per heavy atom. The summed E-state index contributed by atoms with van der Waals surface area (Å²) in [5.74, 6) is 1.10. The molecule has 1 atom stereocenters. The molecule has 0 spiro atoms. The highest BCUT2D eigenvalue weighted by Gasteiger charge is 2.46. The van der Waals surface area contributed by atoms with Crippen molar-refractivity contribution in [3.8, 4) is 11.5 Å². The van der Waals surface area contributed by atoms with Crippen molar-refractivity contribution in [2.24, 2.45) is 0 Å². The molecule has 0 bridgehead atoms. The van der Waals surface area contributed by atoms with Crippen LogP contribution in [0, 0.1) is 5.21 Å². The Morgan fingerprint density at radius 2 is 1.42 bits per heavy atom. The normalized spacial score (nSPS) is 13.9. The van der Waals surface area contributed by atoms with Gasteiger partial charge in [-0.05, 0) is 37.6 Å². The number of nitrogens with zero attached hydrogens (tertiary/aromatic N) is 3.